The third kappa shape index (κ3) is 5.28. The molecule has 0 fully saturated rings. The Labute approximate surface area is 114 Å². The van der Waals surface area contributed by atoms with Crippen LogP contribution in [0.5, 0.6) is 5.75 Å². The molecule has 1 rings (SSSR count). The third-order valence-corrected chi connectivity index (χ3v) is 2.99. The van der Waals surface area contributed by atoms with Gasteiger partial charge in [-0.25, -0.2) is 4.39 Å². The van der Waals surface area contributed by atoms with Gasteiger partial charge in [0.2, 0.25) is 0 Å². The minimum absolute atomic E-state index is 0.351. The van der Waals surface area contributed by atoms with Gasteiger partial charge in [-0.05, 0) is 25.5 Å². The molecule has 106 valence electrons. The number of nitrogens with zero attached hydrogens (tertiary/aromatic N) is 1. The van der Waals surface area contributed by atoms with Crippen LogP contribution >= 0.6 is 0 Å². The molecule has 0 saturated heterocycles. The molecule has 0 unspecified atom stereocenters. The van der Waals surface area contributed by atoms with Crippen LogP contribution < -0.4 is 4.74 Å². The Balaban J connectivity index is 2.54. The molecule has 0 aliphatic rings. The van der Waals surface area contributed by atoms with Crippen molar-refractivity contribution in [1.82, 2.24) is 0 Å². The molecule has 0 radical (unpaired) electrons. The van der Waals surface area contributed by atoms with Crippen molar-refractivity contribution < 1.29 is 14.3 Å². The van der Waals surface area contributed by atoms with Gasteiger partial charge >= 0.3 is 0 Å². The molecule has 0 atom stereocenters. The van der Waals surface area contributed by atoms with Gasteiger partial charge in [0.15, 0.2) is 0 Å². The minimum Gasteiger partial charge on any atom is -0.493 e. The van der Waals surface area contributed by atoms with Crippen molar-refractivity contribution in [2.24, 2.45) is 5.16 Å². The van der Waals surface area contributed by atoms with Crippen molar-refractivity contribution in [2.45, 2.75) is 46.0 Å². The Bertz CT molecular complexity index is 419. The van der Waals surface area contributed by atoms with Gasteiger partial charge in [-0.3, -0.25) is 0 Å². The fourth-order valence-corrected chi connectivity index (χ4v) is 1.86. The number of rotatable bonds is 8. The van der Waals surface area contributed by atoms with Crippen molar-refractivity contribution in [2.75, 3.05) is 6.61 Å². The van der Waals surface area contributed by atoms with Crippen LogP contribution in [-0.4, -0.2) is 17.5 Å². The maximum Gasteiger partial charge on any atom is 0.131 e. The van der Waals surface area contributed by atoms with Crippen LogP contribution in [0.3, 0.4) is 0 Å². The predicted molar refractivity (Wildman–Crippen MR) is 74.7 cm³/mol. The zero-order valence-corrected chi connectivity index (χ0v) is 11.7. The first-order chi connectivity index (χ1) is 9.19. The summed E-state index contributed by atoms with van der Waals surface area (Å²) >= 11 is 0. The highest BCUT2D eigenvalue weighted by molar-refractivity contribution is 6.00. The van der Waals surface area contributed by atoms with Crippen molar-refractivity contribution in [3.05, 3.63) is 29.6 Å². The third-order valence-electron chi connectivity index (χ3n) is 2.99. The Hall–Kier alpha value is -1.58. The summed E-state index contributed by atoms with van der Waals surface area (Å²) < 4.78 is 18.8. The molecule has 0 aliphatic heterocycles. The van der Waals surface area contributed by atoms with Crippen LogP contribution in [0.1, 0.15) is 51.5 Å². The Kier molecular flexibility index (Phi) is 6.93. The van der Waals surface area contributed by atoms with Gasteiger partial charge in [0.1, 0.15) is 11.6 Å². The molecular weight excluding hydrogens is 245 g/mol. The lowest BCUT2D eigenvalue weighted by Gasteiger charge is -2.11. The summed E-state index contributed by atoms with van der Waals surface area (Å²) in [4.78, 5) is 0. The molecule has 0 aliphatic carbocycles. The lowest BCUT2D eigenvalue weighted by molar-refractivity contribution is 0.300. The van der Waals surface area contributed by atoms with Crippen LogP contribution in [0.15, 0.2) is 23.4 Å². The summed E-state index contributed by atoms with van der Waals surface area (Å²) in [5.41, 5.74) is 1.04. The van der Waals surface area contributed by atoms with Gasteiger partial charge in [0, 0.05) is 11.6 Å². The molecule has 0 bridgehead atoms. The van der Waals surface area contributed by atoms with Crippen LogP contribution in [0.4, 0.5) is 4.39 Å². The summed E-state index contributed by atoms with van der Waals surface area (Å²) in [7, 11) is 0. The second-order valence-electron chi connectivity index (χ2n) is 4.59. The Morgan fingerprint density at radius 2 is 2.00 bits per heavy atom. The average Bonchev–Trinajstić information content (AvgIpc) is 2.42. The van der Waals surface area contributed by atoms with Crippen molar-refractivity contribution in [3.8, 4) is 5.75 Å². The molecule has 4 heteroatoms. The van der Waals surface area contributed by atoms with E-state index in [4.69, 9.17) is 9.94 Å². The quantitative estimate of drug-likeness (QED) is 0.329. The van der Waals surface area contributed by atoms with E-state index < -0.39 is 0 Å². The summed E-state index contributed by atoms with van der Waals surface area (Å²) in [6.07, 6.45) is 5.71. The van der Waals surface area contributed by atoms with E-state index in [1.807, 2.05) is 0 Å². The van der Waals surface area contributed by atoms with Gasteiger partial charge < -0.3 is 9.94 Å². The predicted octanol–water partition coefficient (Wildman–Crippen LogP) is 4.37. The molecule has 1 aromatic carbocycles. The van der Waals surface area contributed by atoms with Crippen molar-refractivity contribution >= 4 is 5.71 Å². The molecule has 0 amide bonds. The van der Waals surface area contributed by atoms with Crippen LogP contribution in [-0.2, 0) is 0 Å². The molecule has 0 spiro atoms. The standard InChI is InChI=1S/C15H22FNO2/c1-3-4-5-6-7-10-19-15-11-13(16)8-9-14(15)12(2)17-18/h8-9,11,18H,3-7,10H2,1-2H3. The van der Waals surface area contributed by atoms with Crippen LogP contribution in [0, 0.1) is 5.82 Å². The maximum absolute atomic E-state index is 13.2. The topological polar surface area (TPSA) is 41.8 Å². The largest absolute Gasteiger partial charge is 0.493 e. The lowest BCUT2D eigenvalue weighted by Crippen LogP contribution is -2.04. The molecule has 0 saturated carbocycles. The van der Waals surface area contributed by atoms with E-state index in [1.54, 1.807) is 13.0 Å². The van der Waals surface area contributed by atoms with E-state index in [2.05, 4.69) is 12.1 Å². The fourth-order valence-electron chi connectivity index (χ4n) is 1.86. The second-order valence-corrected chi connectivity index (χ2v) is 4.59. The van der Waals surface area contributed by atoms with Crippen LogP contribution in [0.25, 0.3) is 0 Å². The average molecular weight is 267 g/mol. The molecule has 19 heavy (non-hydrogen) atoms. The van der Waals surface area contributed by atoms with Crippen LogP contribution in [0.2, 0.25) is 0 Å². The summed E-state index contributed by atoms with van der Waals surface area (Å²) in [5, 5.41) is 11.9. The first kappa shape index (κ1) is 15.5. The van der Waals surface area contributed by atoms with E-state index in [9.17, 15) is 4.39 Å². The van der Waals surface area contributed by atoms with Gasteiger partial charge in [-0.15, -0.1) is 0 Å². The number of benzene rings is 1. The maximum atomic E-state index is 13.2. The minimum atomic E-state index is -0.351. The van der Waals surface area contributed by atoms with E-state index in [1.165, 1.54) is 31.4 Å². The zero-order chi connectivity index (χ0) is 14.1. The van der Waals surface area contributed by atoms with Crippen molar-refractivity contribution in [1.29, 1.82) is 0 Å². The first-order valence-electron chi connectivity index (χ1n) is 6.80. The SMILES string of the molecule is CCCCCCCOc1cc(F)ccc1C(C)=NO. The van der Waals surface area contributed by atoms with Gasteiger partial charge in [-0.2, -0.15) is 0 Å². The number of ether oxygens (including phenoxy) is 1. The highest BCUT2D eigenvalue weighted by Gasteiger charge is 2.08. The summed E-state index contributed by atoms with van der Waals surface area (Å²) in [5.74, 6) is 0.0845. The second kappa shape index (κ2) is 8.51. The molecular formula is C15H22FNO2. The van der Waals surface area contributed by atoms with Crippen molar-refractivity contribution in [3.63, 3.8) is 0 Å². The molecule has 0 heterocycles. The summed E-state index contributed by atoms with van der Waals surface area (Å²) in [6.45, 7) is 4.38. The normalized spacial score (nSPS) is 11.6. The smallest absolute Gasteiger partial charge is 0.131 e. The highest BCUT2D eigenvalue weighted by Crippen LogP contribution is 2.21. The monoisotopic (exact) mass is 267 g/mol. The van der Waals surface area contributed by atoms with Gasteiger partial charge in [0.25, 0.3) is 0 Å². The molecule has 1 aromatic rings. The number of hydrogen-bond acceptors (Lipinski definition) is 3. The number of halogens is 1. The van der Waals surface area contributed by atoms with Gasteiger partial charge in [-0.1, -0.05) is 37.8 Å². The Morgan fingerprint density at radius 1 is 1.26 bits per heavy atom. The molecule has 1 N–H and O–H groups in total. The van der Waals surface area contributed by atoms with E-state index in [-0.39, 0.29) is 5.82 Å². The number of hydrogen-bond donors (Lipinski definition) is 1. The molecule has 3 nitrogen and oxygen atoms in total. The fraction of sp³-hybridized carbons (Fsp3) is 0.533. The first-order valence-corrected chi connectivity index (χ1v) is 6.80. The van der Waals surface area contributed by atoms with Gasteiger partial charge in [0.05, 0.1) is 12.3 Å². The van der Waals surface area contributed by atoms with E-state index >= 15 is 0 Å². The molecule has 0 aromatic heterocycles. The van der Waals surface area contributed by atoms with E-state index in [0.717, 1.165) is 12.8 Å². The zero-order valence-electron chi connectivity index (χ0n) is 11.7. The number of oxime groups is 1. The number of unbranched alkanes of at least 4 members (excludes halogenated alkanes) is 4. The Morgan fingerprint density at radius 3 is 2.68 bits per heavy atom. The van der Waals surface area contributed by atoms with E-state index in [0.29, 0.717) is 23.6 Å². The highest BCUT2D eigenvalue weighted by atomic mass is 19.1. The summed E-state index contributed by atoms with van der Waals surface area (Å²) in [6, 6.07) is 4.23. The lowest BCUT2D eigenvalue weighted by atomic mass is 10.1.